The lowest BCUT2D eigenvalue weighted by Gasteiger charge is -2.31. The maximum atomic E-state index is 13.2. The predicted octanol–water partition coefficient (Wildman–Crippen LogP) is 3.03. The Morgan fingerprint density at radius 3 is 2.37 bits per heavy atom. The summed E-state index contributed by atoms with van der Waals surface area (Å²) in [6.45, 7) is 1.63. The fourth-order valence-electron chi connectivity index (χ4n) is 4.17. The Labute approximate surface area is 227 Å². The molecule has 38 heavy (non-hydrogen) atoms. The van der Waals surface area contributed by atoms with Crippen LogP contribution in [0.1, 0.15) is 33.6 Å². The van der Waals surface area contributed by atoms with Gasteiger partial charge in [0.1, 0.15) is 9.96 Å². The molecule has 3 aromatic rings. The monoisotopic (exact) mass is 577 g/mol. The van der Waals surface area contributed by atoms with Gasteiger partial charge >= 0.3 is 0 Å². The van der Waals surface area contributed by atoms with Gasteiger partial charge < -0.3 is 15.4 Å². The molecular weight excluding hydrogens is 547 g/mol. The summed E-state index contributed by atoms with van der Waals surface area (Å²) in [5.41, 5.74) is 1.44. The van der Waals surface area contributed by atoms with Crippen molar-refractivity contribution in [2.75, 3.05) is 26.5 Å². The fraction of sp³-hybridized carbons (Fsp3) is 0.346. The van der Waals surface area contributed by atoms with Gasteiger partial charge in [0.25, 0.3) is 15.9 Å². The topological polar surface area (TPSA) is 122 Å². The van der Waals surface area contributed by atoms with E-state index in [-0.39, 0.29) is 27.6 Å². The molecule has 2 N–H and O–H groups in total. The lowest BCUT2D eigenvalue weighted by Crippen LogP contribution is -2.44. The Balaban J connectivity index is 1.27. The van der Waals surface area contributed by atoms with Crippen LogP contribution in [0.3, 0.4) is 0 Å². The van der Waals surface area contributed by atoms with Crippen molar-refractivity contribution in [1.29, 1.82) is 0 Å². The van der Waals surface area contributed by atoms with Crippen LogP contribution in [0.15, 0.2) is 69.8 Å². The van der Waals surface area contributed by atoms with Crippen molar-refractivity contribution in [2.24, 2.45) is 0 Å². The summed E-state index contributed by atoms with van der Waals surface area (Å²) in [6, 6.07) is 17.1. The van der Waals surface area contributed by atoms with Gasteiger partial charge in [-0.15, -0.1) is 11.3 Å². The second kappa shape index (κ2) is 12.0. The summed E-state index contributed by atoms with van der Waals surface area (Å²) < 4.78 is 56.5. The summed E-state index contributed by atoms with van der Waals surface area (Å²) in [4.78, 5) is 13.5. The highest BCUT2D eigenvalue weighted by Gasteiger charge is 2.30. The largest absolute Gasteiger partial charge is 0.497 e. The molecule has 0 spiro atoms. The molecule has 1 aliphatic rings. The first-order valence-electron chi connectivity index (χ1n) is 12.1. The van der Waals surface area contributed by atoms with Crippen LogP contribution in [0, 0.1) is 0 Å². The number of thiophene rings is 1. The molecule has 1 saturated heterocycles. The van der Waals surface area contributed by atoms with E-state index in [0.717, 1.165) is 21.8 Å². The fourth-order valence-corrected chi connectivity index (χ4v) is 7.72. The van der Waals surface area contributed by atoms with Crippen LogP contribution in [-0.4, -0.2) is 59.5 Å². The van der Waals surface area contributed by atoms with Gasteiger partial charge in [-0.05, 0) is 60.9 Å². The van der Waals surface area contributed by atoms with E-state index in [1.807, 2.05) is 0 Å². The number of nitrogens with one attached hydrogen (secondary N) is 2. The predicted molar refractivity (Wildman–Crippen MR) is 147 cm³/mol. The first-order chi connectivity index (χ1) is 18.1. The first-order valence-corrected chi connectivity index (χ1v) is 16.2. The summed E-state index contributed by atoms with van der Waals surface area (Å²) in [5.74, 6) is 0.326. The van der Waals surface area contributed by atoms with Crippen LogP contribution in [-0.2, 0) is 33.0 Å². The number of hydrogen-bond acceptors (Lipinski definition) is 8. The van der Waals surface area contributed by atoms with E-state index in [4.69, 9.17) is 4.74 Å². The number of amides is 1. The third-order valence-electron chi connectivity index (χ3n) is 6.39. The van der Waals surface area contributed by atoms with Crippen LogP contribution in [0.25, 0.3) is 0 Å². The number of sulfonamides is 1. The van der Waals surface area contributed by atoms with Gasteiger partial charge in [0.15, 0.2) is 9.84 Å². The number of nitrogens with zero attached hydrogens (tertiary/aromatic N) is 1. The SMILES string of the molecule is COc1cccc(C(=O)NCc2ccc(S(=O)(=O)N3CCC(NCc4ccc(S(C)(=O)=O)cc4)CC3)s2)c1. The molecule has 1 aliphatic heterocycles. The standard InChI is InChI=1S/C26H31N3O6S3/c1-35-22-5-3-4-20(16-22)26(30)28-18-23-8-11-25(36-23)38(33,34)29-14-12-21(13-15-29)27-17-19-6-9-24(10-7-19)37(2,31)32/h3-11,16,21,27H,12-15,17-18H2,1-2H3,(H,28,30). The molecule has 204 valence electrons. The second-order valence-corrected chi connectivity index (χ2v) is 14.5. The van der Waals surface area contributed by atoms with Crippen molar-refractivity contribution in [2.45, 2.75) is 41.1 Å². The number of ether oxygens (including phenoxy) is 1. The van der Waals surface area contributed by atoms with Crippen LogP contribution in [0.5, 0.6) is 5.75 Å². The number of hydrogen-bond donors (Lipinski definition) is 2. The summed E-state index contributed by atoms with van der Waals surface area (Å²) in [7, 11) is -5.30. The molecule has 2 heterocycles. The molecule has 12 heteroatoms. The zero-order chi connectivity index (χ0) is 27.3. The minimum absolute atomic E-state index is 0.168. The smallest absolute Gasteiger partial charge is 0.252 e. The maximum Gasteiger partial charge on any atom is 0.252 e. The summed E-state index contributed by atoms with van der Waals surface area (Å²) in [5, 5.41) is 6.27. The van der Waals surface area contributed by atoms with Crippen molar-refractivity contribution in [1.82, 2.24) is 14.9 Å². The minimum atomic E-state index is -3.61. The number of piperidine rings is 1. The van der Waals surface area contributed by atoms with Gasteiger partial charge in [-0.3, -0.25) is 4.79 Å². The zero-order valence-corrected chi connectivity index (χ0v) is 23.7. The highest BCUT2D eigenvalue weighted by molar-refractivity contribution is 7.91. The van der Waals surface area contributed by atoms with E-state index in [0.29, 0.717) is 43.8 Å². The van der Waals surface area contributed by atoms with E-state index < -0.39 is 19.9 Å². The molecule has 0 saturated carbocycles. The molecule has 4 rings (SSSR count). The Hall–Kier alpha value is -2.77. The molecule has 1 fully saturated rings. The highest BCUT2D eigenvalue weighted by Crippen LogP contribution is 2.27. The third-order valence-corrected chi connectivity index (χ3v) is 11.0. The number of rotatable bonds is 10. The van der Waals surface area contributed by atoms with Crippen molar-refractivity contribution in [3.8, 4) is 5.75 Å². The Kier molecular flexibility index (Phi) is 8.89. The zero-order valence-electron chi connectivity index (χ0n) is 21.2. The number of carbonyl (C=O) groups excluding carboxylic acids is 1. The molecule has 1 amide bonds. The average Bonchev–Trinajstić information content (AvgIpc) is 3.41. The molecule has 2 aromatic carbocycles. The maximum absolute atomic E-state index is 13.2. The molecule has 0 atom stereocenters. The van der Waals surface area contributed by atoms with E-state index >= 15 is 0 Å². The molecule has 9 nitrogen and oxygen atoms in total. The quantitative estimate of drug-likeness (QED) is 0.380. The Morgan fingerprint density at radius 2 is 1.71 bits per heavy atom. The van der Waals surface area contributed by atoms with Crippen molar-refractivity contribution in [3.05, 3.63) is 76.7 Å². The summed E-state index contributed by atoms with van der Waals surface area (Å²) >= 11 is 1.16. The van der Waals surface area contributed by atoms with Gasteiger partial charge in [-0.1, -0.05) is 18.2 Å². The average molecular weight is 578 g/mol. The van der Waals surface area contributed by atoms with Gasteiger partial charge in [-0.2, -0.15) is 4.31 Å². The van der Waals surface area contributed by atoms with E-state index in [2.05, 4.69) is 10.6 Å². The van der Waals surface area contributed by atoms with Crippen LogP contribution in [0.2, 0.25) is 0 Å². The summed E-state index contributed by atoms with van der Waals surface area (Å²) in [6.07, 6.45) is 2.53. The highest BCUT2D eigenvalue weighted by atomic mass is 32.2. The van der Waals surface area contributed by atoms with Crippen molar-refractivity contribution < 1.29 is 26.4 Å². The van der Waals surface area contributed by atoms with Crippen molar-refractivity contribution in [3.63, 3.8) is 0 Å². The van der Waals surface area contributed by atoms with E-state index in [1.54, 1.807) is 60.7 Å². The molecular formula is C26H31N3O6S3. The number of carbonyl (C=O) groups is 1. The lowest BCUT2D eigenvalue weighted by atomic mass is 10.1. The molecule has 0 radical (unpaired) electrons. The van der Waals surface area contributed by atoms with Gasteiger partial charge in [0, 0.05) is 42.4 Å². The van der Waals surface area contributed by atoms with Crippen molar-refractivity contribution >= 4 is 37.1 Å². The minimum Gasteiger partial charge on any atom is -0.497 e. The lowest BCUT2D eigenvalue weighted by molar-refractivity contribution is 0.0951. The first kappa shape index (κ1) is 28.2. The van der Waals surface area contributed by atoms with Crippen LogP contribution in [0.4, 0.5) is 0 Å². The Bertz CT molecular complexity index is 1480. The second-order valence-electron chi connectivity index (χ2n) is 9.11. The van der Waals surface area contributed by atoms with Crippen LogP contribution >= 0.6 is 11.3 Å². The molecule has 0 unspecified atom stereocenters. The van der Waals surface area contributed by atoms with E-state index in [1.165, 1.54) is 17.7 Å². The third kappa shape index (κ3) is 7.00. The Morgan fingerprint density at radius 1 is 1.00 bits per heavy atom. The number of sulfone groups is 1. The van der Waals surface area contributed by atoms with Gasteiger partial charge in [0.2, 0.25) is 0 Å². The number of methoxy groups -OCH3 is 1. The normalized spacial score (nSPS) is 15.3. The molecule has 1 aromatic heterocycles. The van der Waals surface area contributed by atoms with Gasteiger partial charge in [0.05, 0.1) is 18.6 Å². The molecule has 0 aliphatic carbocycles. The number of benzene rings is 2. The van der Waals surface area contributed by atoms with Gasteiger partial charge in [-0.25, -0.2) is 16.8 Å². The molecule has 0 bridgehead atoms. The van der Waals surface area contributed by atoms with E-state index in [9.17, 15) is 21.6 Å². The van der Waals surface area contributed by atoms with Crippen LogP contribution < -0.4 is 15.4 Å².